The fraction of sp³-hybridized carbons (Fsp3) is 0.333. The number of fused-ring (bicyclic) bond motifs is 1. The van der Waals surface area contributed by atoms with Gasteiger partial charge in [-0.2, -0.15) is 13.2 Å². The van der Waals surface area contributed by atoms with Crippen molar-refractivity contribution in [1.29, 1.82) is 0 Å². The molecule has 1 N–H and O–H groups in total. The van der Waals surface area contributed by atoms with Gasteiger partial charge in [0.2, 0.25) is 0 Å². The number of rotatable bonds is 7. The molecule has 0 spiro atoms. The smallest absolute Gasteiger partial charge is 0.419 e. The summed E-state index contributed by atoms with van der Waals surface area (Å²) in [6.07, 6.45) is -2.34. The molecule has 0 bridgehead atoms. The van der Waals surface area contributed by atoms with Gasteiger partial charge >= 0.3 is 6.18 Å². The topological polar surface area (TPSA) is 65.5 Å². The Morgan fingerprint density at radius 3 is 2.54 bits per heavy atom. The van der Waals surface area contributed by atoms with Gasteiger partial charge < -0.3 is 19.5 Å². The molecule has 1 atom stereocenters. The summed E-state index contributed by atoms with van der Waals surface area (Å²) in [7, 11) is 1.47. The number of nitrogens with one attached hydrogen (secondary N) is 1. The Hall–Kier alpha value is -3.63. The van der Waals surface area contributed by atoms with Gasteiger partial charge in [0.05, 0.1) is 30.8 Å². The van der Waals surface area contributed by atoms with Crippen LogP contribution >= 0.6 is 0 Å². The van der Waals surface area contributed by atoms with Crippen LogP contribution in [-0.4, -0.2) is 30.3 Å². The van der Waals surface area contributed by atoms with Crippen LogP contribution in [-0.2, 0) is 10.9 Å². The maximum Gasteiger partial charge on any atom is 0.419 e. The lowest BCUT2D eigenvalue weighted by atomic mass is 10.0. The van der Waals surface area contributed by atoms with Crippen LogP contribution in [0, 0.1) is 18.6 Å². The van der Waals surface area contributed by atoms with E-state index in [1.54, 1.807) is 19.1 Å². The fourth-order valence-electron chi connectivity index (χ4n) is 3.77. The molecule has 35 heavy (non-hydrogen) atoms. The Kier molecular flexibility index (Phi) is 6.68. The van der Waals surface area contributed by atoms with E-state index in [4.69, 9.17) is 14.2 Å². The Morgan fingerprint density at radius 1 is 1.11 bits per heavy atom. The van der Waals surface area contributed by atoms with Crippen LogP contribution in [0.2, 0.25) is 0 Å². The van der Waals surface area contributed by atoms with Crippen molar-refractivity contribution < 1.29 is 36.2 Å². The minimum Gasteiger partial charge on any atom is -0.494 e. The molecule has 0 saturated heterocycles. The molecule has 0 unspecified atom stereocenters. The number of anilines is 1. The first-order chi connectivity index (χ1) is 16.6. The lowest BCUT2D eigenvalue weighted by Gasteiger charge is -2.20. The number of benzene rings is 2. The van der Waals surface area contributed by atoms with E-state index in [0.717, 1.165) is 12.5 Å². The summed E-state index contributed by atoms with van der Waals surface area (Å²) in [5.41, 5.74) is -1.70. The van der Waals surface area contributed by atoms with Crippen LogP contribution in [0.5, 0.6) is 11.5 Å². The molecule has 0 saturated carbocycles. The van der Waals surface area contributed by atoms with E-state index < -0.39 is 35.0 Å². The predicted molar refractivity (Wildman–Crippen MR) is 118 cm³/mol. The van der Waals surface area contributed by atoms with Crippen molar-refractivity contribution in [2.24, 2.45) is 0 Å². The van der Waals surface area contributed by atoms with E-state index in [2.05, 4.69) is 15.3 Å². The third-order valence-electron chi connectivity index (χ3n) is 5.43. The average Bonchev–Trinajstić information content (AvgIpc) is 3.31. The number of aryl methyl sites for hydroxylation is 1. The number of alkyl halides is 3. The molecule has 0 fully saturated rings. The van der Waals surface area contributed by atoms with Gasteiger partial charge in [-0.3, -0.25) is 0 Å². The maximum absolute atomic E-state index is 14.7. The van der Waals surface area contributed by atoms with Gasteiger partial charge in [-0.25, -0.2) is 18.7 Å². The molecular weight excluding hydrogens is 473 g/mol. The lowest BCUT2D eigenvalue weighted by molar-refractivity contribution is -0.140. The number of ether oxygens (including phenoxy) is 3. The number of hydrogen-bond acceptors (Lipinski definition) is 6. The highest BCUT2D eigenvalue weighted by Crippen LogP contribution is 2.38. The van der Waals surface area contributed by atoms with Gasteiger partial charge in [0.1, 0.15) is 35.6 Å². The highest BCUT2D eigenvalue weighted by Gasteiger charge is 2.36. The first-order valence-corrected chi connectivity index (χ1v) is 10.7. The summed E-state index contributed by atoms with van der Waals surface area (Å²) < 4.78 is 84.9. The summed E-state index contributed by atoms with van der Waals surface area (Å²) in [5.74, 6) is -0.750. The number of methoxy groups -OCH3 is 1. The van der Waals surface area contributed by atoms with Crippen molar-refractivity contribution in [2.75, 3.05) is 25.6 Å². The van der Waals surface area contributed by atoms with E-state index in [9.17, 15) is 22.0 Å². The van der Waals surface area contributed by atoms with Gasteiger partial charge in [-0.05, 0) is 38.1 Å². The van der Waals surface area contributed by atoms with Gasteiger partial charge in [-0.1, -0.05) is 0 Å². The van der Waals surface area contributed by atoms with E-state index >= 15 is 0 Å². The lowest BCUT2D eigenvalue weighted by Crippen LogP contribution is -2.16. The van der Waals surface area contributed by atoms with Crippen LogP contribution in [0.1, 0.15) is 36.3 Å². The minimum atomic E-state index is -5.04. The largest absolute Gasteiger partial charge is 0.494 e. The highest BCUT2D eigenvalue weighted by atomic mass is 19.4. The predicted octanol–water partition coefficient (Wildman–Crippen LogP) is 6.10. The average molecular weight is 495 g/mol. The highest BCUT2D eigenvalue weighted by molar-refractivity contribution is 5.92. The van der Waals surface area contributed by atoms with Crippen molar-refractivity contribution in [3.05, 3.63) is 64.7 Å². The molecule has 11 heteroatoms. The number of hydrogen-bond donors (Lipinski definition) is 1. The van der Waals surface area contributed by atoms with Gasteiger partial charge in [0.25, 0.3) is 0 Å². The van der Waals surface area contributed by atoms with E-state index in [-0.39, 0.29) is 18.5 Å². The maximum atomic E-state index is 14.7. The zero-order valence-corrected chi connectivity index (χ0v) is 19.1. The van der Waals surface area contributed by atoms with Crippen molar-refractivity contribution in [2.45, 2.75) is 32.5 Å². The monoisotopic (exact) mass is 495 g/mol. The molecule has 1 aromatic heterocycles. The zero-order chi connectivity index (χ0) is 25.3. The Balaban J connectivity index is 1.72. The Labute approximate surface area is 197 Å². The quantitative estimate of drug-likeness (QED) is 0.400. The summed E-state index contributed by atoms with van der Waals surface area (Å²) in [5, 5.41) is 3.34. The third-order valence-corrected chi connectivity index (χ3v) is 5.43. The van der Waals surface area contributed by atoms with Crippen LogP contribution in [0.15, 0.2) is 36.1 Å². The Bertz CT molecular complexity index is 1290. The van der Waals surface area contributed by atoms with Gasteiger partial charge in [0.15, 0.2) is 11.5 Å². The molecule has 0 radical (unpaired) electrons. The number of nitrogens with zero attached hydrogens (tertiary/aromatic N) is 2. The van der Waals surface area contributed by atoms with Gasteiger partial charge in [0, 0.05) is 23.4 Å². The second kappa shape index (κ2) is 9.55. The number of aromatic nitrogens is 2. The van der Waals surface area contributed by atoms with E-state index in [0.29, 0.717) is 40.6 Å². The van der Waals surface area contributed by atoms with Crippen LogP contribution in [0.25, 0.3) is 10.9 Å². The van der Waals surface area contributed by atoms with Crippen LogP contribution < -0.4 is 14.8 Å². The van der Waals surface area contributed by atoms with Crippen molar-refractivity contribution >= 4 is 16.7 Å². The molecular formula is C24H22F5N3O3. The summed E-state index contributed by atoms with van der Waals surface area (Å²) in [4.78, 5) is 8.71. The van der Waals surface area contributed by atoms with Gasteiger partial charge in [-0.15, -0.1) is 0 Å². The normalized spacial score (nSPS) is 14.5. The molecule has 1 aliphatic rings. The molecule has 4 rings (SSSR count). The van der Waals surface area contributed by atoms with Crippen LogP contribution in [0.4, 0.5) is 27.8 Å². The molecule has 2 aromatic carbocycles. The van der Waals surface area contributed by atoms with Crippen molar-refractivity contribution in [3.8, 4) is 11.5 Å². The molecule has 6 nitrogen and oxygen atoms in total. The molecule has 0 amide bonds. The Morgan fingerprint density at radius 2 is 1.89 bits per heavy atom. The molecule has 0 aliphatic carbocycles. The third kappa shape index (κ3) is 5.23. The van der Waals surface area contributed by atoms with E-state index in [1.807, 2.05) is 6.08 Å². The van der Waals surface area contributed by atoms with E-state index in [1.165, 1.54) is 14.0 Å². The summed E-state index contributed by atoms with van der Waals surface area (Å²) in [6.45, 7) is 3.79. The zero-order valence-electron chi connectivity index (χ0n) is 19.1. The summed E-state index contributed by atoms with van der Waals surface area (Å²) >= 11 is 0. The molecule has 186 valence electrons. The molecule has 1 aliphatic heterocycles. The SMILES string of the molecule is COc1cc2nc(C)nc(N[C@H](C)c3cc(F)cc(C(F)(F)F)c3F)c2cc1OCC1=CCCO1. The van der Waals surface area contributed by atoms with Crippen LogP contribution in [0.3, 0.4) is 0 Å². The first kappa shape index (κ1) is 24.5. The van der Waals surface area contributed by atoms with Crippen molar-refractivity contribution in [3.63, 3.8) is 0 Å². The standard InChI is InChI=1S/C24H22F5N3O3/c1-12(16-7-14(25)8-18(22(16)26)24(27,28)29)30-23-17-9-21(35-11-15-5-4-6-34-15)20(33-3)10-19(17)31-13(2)32-23/h5,7-10,12H,4,6,11H2,1-3H3,(H,30,31,32)/t12-/m1/s1. The molecule has 2 heterocycles. The minimum absolute atomic E-state index is 0.134. The molecule has 3 aromatic rings. The second-order valence-electron chi connectivity index (χ2n) is 7.96. The van der Waals surface area contributed by atoms with Crippen molar-refractivity contribution in [1.82, 2.24) is 9.97 Å². The summed E-state index contributed by atoms with van der Waals surface area (Å²) in [6, 6.07) is 3.04. The number of halogens is 5. The second-order valence-corrected chi connectivity index (χ2v) is 7.96. The fourth-order valence-corrected chi connectivity index (χ4v) is 3.77. The first-order valence-electron chi connectivity index (χ1n) is 10.7.